The molecule has 1 aromatic rings. The minimum atomic E-state index is -1.08. The molecule has 88 valence electrons. The molecular weight excluding hydrogens is 216 g/mol. The van der Waals surface area contributed by atoms with E-state index in [9.17, 15) is 14.4 Å². The standard InChI is InChI=1S/C8H12N4O4/c1-10(4-5(13)14)6-7(15)11(2)8(16)12(3)9-6/h4H2,1-3H3,(H,13,14). The van der Waals surface area contributed by atoms with E-state index in [0.29, 0.717) is 0 Å². The number of aryl methyl sites for hydroxylation is 1. The average molecular weight is 228 g/mol. The smallest absolute Gasteiger partial charge is 0.346 e. The van der Waals surface area contributed by atoms with Gasteiger partial charge in [-0.05, 0) is 0 Å². The summed E-state index contributed by atoms with van der Waals surface area (Å²) in [6.07, 6.45) is 0. The van der Waals surface area contributed by atoms with Gasteiger partial charge in [-0.3, -0.25) is 14.2 Å². The molecule has 1 heterocycles. The Hall–Kier alpha value is -2.12. The van der Waals surface area contributed by atoms with Gasteiger partial charge in [0.25, 0.3) is 5.56 Å². The van der Waals surface area contributed by atoms with Crippen molar-refractivity contribution < 1.29 is 9.90 Å². The van der Waals surface area contributed by atoms with Crippen LogP contribution in [0.3, 0.4) is 0 Å². The number of hydrogen-bond donors (Lipinski definition) is 1. The first kappa shape index (κ1) is 12.0. The number of carbonyl (C=O) groups is 1. The number of hydrogen-bond acceptors (Lipinski definition) is 5. The Morgan fingerprint density at radius 3 is 2.50 bits per heavy atom. The SMILES string of the molecule is CN(CC(=O)O)c1nn(C)c(=O)n(C)c1=O. The summed E-state index contributed by atoms with van der Waals surface area (Å²) in [6.45, 7) is -0.361. The van der Waals surface area contributed by atoms with Crippen molar-refractivity contribution in [3.05, 3.63) is 20.8 Å². The van der Waals surface area contributed by atoms with Gasteiger partial charge < -0.3 is 10.0 Å². The van der Waals surface area contributed by atoms with Gasteiger partial charge in [0.05, 0.1) is 0 Å². The zero-order chi connectivity index (χ0) is 12.5. The van der Waals surface area contributed by atoms with Crippen molar-refractivity contribution >= 4 is 11.8 Å². The van der Waals surface area contributed by atoms with Gasteiger partial charge >= 0.3 is 11.7 Å². The fourth-order valence-corrected chi connectivity index (χ4v) is 1.20. The first-order valence-corrected chi connectivity index (χ1v) is 4.42. The first-order valence-electron chi connectivity index (χ1n) is 4.42. The van der Waals surface area contributed by atoms with Gasteiger partial charge in [0.2, 0.25) is 5.82 Å². The molecule has 0 atom stereocenters. The highest BCUT2D eigenvalue weighted by molar-refractivity contribution is 5.72. The molecule has 0 radical (unpaired) electrons. The first-order chi connectivity index (χ1) is 7.34. The van der Waals surface area contributed by atoms with Crippen LogP contribution < -0.4 is 16.1 Å². The van der Waals surface area contributed by atoms with E-state index in [1.54, 1.807) is 0 Å². The van der Waals surface area contributed by atoms with Crippen molar-refractivity contribution in [1.29, 1.82) is 0 Å². The molecule has 0 spiro atoms. The highest BCUT2D eigenvalue weighted by Gasteiger charge is 2.14. The number of carboxylic acid groups (broad SMARTS) is 1. The van der Waals surface area contributed by atoms with Gasteiger partial charge in [0.15, 0.2) is 0 Å². The number of rotatable bonds is 3. The maximum absolute atomic E-state index is 11.6. The number of aromatic nitrogens is 3. The third-order valence-corrected chi connectivity index (χ3v) is 2.04. The minimum Gasteiger partial charge on any atom is -0.480 e. The summed E-state index contributed by atoms with van der Waals surface area (Å²) in [5, 5.41) is 12.3. The van der Waals surface area contributed by atoms with E-state index in [4.69, 9.17) is 5.11 Å². The summed E-state index contributed by atoms with van der Waals surface area (Å²) in [5.74, 6) is -1.16. The van der Waals surface area contributed by atoms with Crippen LogP contribution in [0.15, 0.2) is 9.59 Å². The predicted octanol–water partition coefficient (Wildman–Crippen LogP) is -2.00. The lowest BCUT2D eigenvalue weighted by atomic mass is 10.5. The zero-order valence-corrected chi connectivity index (χ0v) is 9.17. The third kappa shape index (κ3) is 2.10. The molecule has 0 amide bonds. The Bertz CT molecular complexity index is 530. The Morgan fingerprint density at radius 1 is 1.44 bits per heavy atom. The number of aliphatic carboxylic acids is 1. The molecule has 0 saturated carbocycles. The summed E-state index contributed by atoms with van der Waals surface area (Å²) in [4.78, 5) is 34.6. The summed E-state index contributed by atoms with van der Waals surface area (Å²) >= 11 is 0. The molecule has 8 nitrogen and oxygen atoms in total. The number of carboxylic acids is 1. The van der Waals surface area contributed by atoms with Crippen LogP contribution in [0, 0.1) is 0 Å². The monoisotopic (exact) mass is 228 g/mol. The number of likely N-dealkylation sites (N-methyl/N-ethyl adjacent to an activating group) is 1. The summed E-state index contributed by atoms with van der Waals surface area (Å²) in [7, 11) is 4.12. The van der Waals surface area contributed by atoms with Gasteiger partial charge in [0.1, 0.15) is 6.54 Å². The summed E-state index contributed by atoms with van der Waals surface area (Å²) in [6, 6.07) is 0. The second-order valence-corrected chi connectivity index (χ2v) is 3.34. The maximum Gasteiger partial charge on any atom is 0.346 e. The molecule has 1 rings (SSSR count). The van der Waals surface area contributed by atoms with Crippen LogP contribution in [0.1, 0.15) is 0 Å². The Kier molecular flexibility index (Phi) is 3.11. The Morgan fingerprint density at radius 2 is 2.00 bits per heavy atom. The highest BCUT2D eigenvalue weighted by atomic mass is 16.4. The van der Waals surface area contributed by atoms with Crippen LogP contribution in [0.2, 0.25) is 0 Å². The van der Waals surface area contributed by atoms with Crippen molar-refractivity contribution in [1.82, 2.24) is 14.3 Å². The molecule has 8 heteroatoms. The molecule has 1 aromatic heterocycles. The van der Waals surface area contributed by atoms with Gasteiger partial charge in [-0.2, -0.15) is 0 Å². The van der Waals surface area contributed by atoms with Crippen LogP contribution >= 0.6 is 0 Å². The quantitative estimate of drug-likeness (QED) is 0.642. The molecule has 0 aliphatic carbocycles. The lowest BCUT2D eigenvalue weighted by Crippen LogP contribution is -2.43. The molecule has 0 aliphatic rings. The fraction of sp³-hybridized carbons (Fsp3) is 0.500. The topological polar surface area (TPSA) is 97.4 Å². The van der Waals surface area contributed by atoms with E-state index >= 15 is 0 Å². The number of nitrogens with zero attached hydrogens (tertiary/aromatic N) is 4. The molecule has 0 aliphatic heterocycles. The van der Waals surface area contributed by atoms with Crippen molar-refractivity contribution in [2.75, 3.05) is 18.5 Å². The van der Waals surface area contributed by atoms with Crippen molar-refractivity contribution in [3.8, 4) is 0 Å². The van der Waals surface area contributed by atoms with Crippen molar-refractivity contribution in [3.63, 3.8) is 0 Å². The lowest BCUT2D eigenvalue weighted by Gasteiger charge is -2.15. The molecule has 0 saturated heterocycles. The van der Waals surface area contributed by atoms with Gasteiger partial charge in [-0.1, -0.05) is 0 Å². The van der Waals surface area contributed by atoms with Crippen LogP contribution in [0.4, 0.5) is 5.82 Å². The summed E-state index contributed by atoms with van der Waals surface area (Å²) < 4.78 is 1.86. The van der Waals surface area contributed by atoms with Gasteiger partial charge in [-0.25, -0.2) is 9.48 Å². The molecule has 0 unspecified atom stereocenters. The number of anilines is 1. The average Bonchev–Trinajstić information content (AvgIpc) is 2.19. The Balaban J connectivity index is 3.31. The molecule has 0 bridgehead atoms. The molecule has 0 fully saturated rings. The van der Waals surface area contributed by atoms with Gasteiger partial charge in [-0.15, -0.1) is 5.10 Å². The van der Waals surface area contributed by atoms with E-state index in [1.165, 1.54) is 26.0 Å². The van der Waals surface area contributed by atoms with Crippen molar-refractivity contribution in [2.45, 2.75) is 0 Å². The molecule has 0 aromatic carbocycles. The van der Waals surface area contributed by atoms with Crippen LogP contribution in [0.25, 0.3) is 0 Å². The second kappa shape index (κ2) is 4.17. The predicted molar refractivity (Wildman–Crippen MR) is 55.6 cm³/mol. The second-order valence-electron chi connectivity index (χ2n) is 3.34. The summed E-state index contributed by atoms with van der Waals surface area (Å²) in [5.41, 5.74) is -1.18. The van der Waals surface area contributed by atoms with E-state index in [0.717, 1.165) is 9.25 Å². The normalized spacial score (nSPS) is 10.2. The maximum atomic E-state index is 11.6. The van der Waals surface area contributed by atoms with E-state index < -0.39 is 17.2 Å². The van der Waals surface area contributed by atoms with Gasteiger partial charge in [0, 0.05) is 21.1 Å². The minimum absolute atomic E-state index is 0.0769. The third-order valence-electron chi connectivity index (χ3n) is 2.04. The van der Waals surface area contributed by atoms with E-state index in [-0.39, 0.29) is 12.4 Å². The van der Waals surface area contributed by atoms with Crippen molar-refractivity contribution in [2.24, 2.45) is 14.1 Å². The van der Waals surface area contributed by atoms with Crippen LogP contribution in [-0.4, -0.2) is 39.0 Å². The zero-order valence-electron chi connectivity index (χ0n) is 9.17. The lowest BCUT2D eigenvalue weighted by molar-refractivity contribution is -0.135. The van der Waals surface area contributed by atoms with Crippen LogP contribution in [0.5, 0.6) is 0 Å². The van der Waals surface area contributed by atoms with Crippen LogP contribution in [-0.2, 0) is 18.9 Å². The van der Waals surface area contributed by atoms with E-state index in [2.05, 4.69) is 5.10 Å². The molecular formula is C8H12N4O4. The Labute approximate surface area is 90.3 Å². The highest BCUT2D eigenvalue weighted by Crippen LogP contribution is 1.97. The largest absolute Gasteiger partial charge is 0.480 e. The molecule has 16 heavy (non-hydrogen) atoms. The molecule has 1 N–H and O–H groups in total. The van der Waals surface area contributed by atoms with E-state index in [1.807, 2.05) is 0 Å². The fourth-order valence-electron chi connectivity index (χ4n) is 1.20.